The molecular formula is C14H11ClN2O2S. The van der Waals surface area contributed by atoms with Crippen LogP contribution in [-0.2, 0) is 12.8 Å². The van der Waals surface area contributed by atoms with Crippen LogP contribution in [0.2, 0.25) is 5.15 Å². The van der Waals surface area contributed by atoms with Crippen molar-refractivity contribution in [2.45, 2.75) is 29.2 Å². The Labute approximate surface area is 125 Å². The average molecular weight is 307 g/mol. The lowest BCUT2D eigenvalue weighted by Gasteiger charge is -2.05. The quantitative estimate of drug-likeness (QED) is 0.482. The molecule has 4 nitrogen and oxygen atoms in total. The van der Waals surface area contributed by atoms with Gasteiger partial charge in [-0.25, -0.2) is 4.98 Å². The molecule has 20 heavy (non-hydrogen) atoms. The zero-order valence-electron chi connectivity index (χ0n) is 10.5. The standard InChI is InChI=1S/C14H11ClN2O2S/c15-13-7-11(17(18)19)8-14(16-13)20-12-5-4-9-2-1-3-10(9)6-12/h4-8H,1-3H2. The number of hydrogen-bond acceptors (Lipinski definition) is 4. The lowest BCUT2D eigenvalue weighted by molar-refractivity contribution is -0.385. The highest BCUT2D eigenvalue weighted by Crippen LogP contribution is 2.33. The molecule has 1 aromatic heterocycles. The number of aromatic nitrogens is 1. The molecule has 1 aromatic carbocycles. The highest BCUT2D eigenvalue weighted by molar-refractivity contribution is 7.99. The van der Waals surface area contributed by atoms with E-state index >= 15 is 0 Å². The van der Waals surface area contributed by atoms with E-state index in [9.17, 15) is 10.1 Å². The van der Waals surface area contributed by atoms with Crippen molar-refractivity contribution in [2.24, 2.45) is 0 Å². The molecule has 1 aliphatic carbocycles. The summed E-state index contributed by atoms with van der Waals surface area (Å²) in [6.45, 7) is 0. The fourth-order valence-electron chi connectivity index (χ4n) is 2.35. The van der Waals surface area contributed by atoms with Crippen molar-refractivity contribution in [3.8, 4) is 0 Å². The van der Waals surface area contributed by atoms with Crippen LogP contribution in [0.5, 0.6) is 0 Å². The van der Waals surface area contributed by atoms with Crippen LogP contribution in [0.1, 0.15) is 17.5 Å². The molecule has 0 aliphatic heterocycles. The van der Waals surface area contributed by atoms with E-state index < -0.39 is 4.92 Å². The summed E-state index contributed by atoms with van der Waals surface area (Å²) >= 11 is 7.22. The number of benzene rings is 1. The van der Waals surface area contributed by atoms with Gasteiger partial charge >= 0.3 is 0 Å². The summed E-state index contributed by atoms with van der Waals surface area (Å²) < 4.78 is 0. The Balaban J connectivity index is 1.89. The van der Waals surface area contributed by atoms with Crippen molar-refractivity contribution in [3.63, 3.8) is 0 Å². The van der Waals surface area contributed by atoms with Gasteiger partial charge in [0.15, 0.2) is 0 Å². The number of nitro groups is 1. The van der Waals surface area contributed by atoms with Gasteiger partial charge in [0.1, 0.15) is 10.2 Å². The van der Waals surface area contributed by atoms with Crippen molar-refractivity contribution >= 4 is 29.1 Å². The molecule has 102 valence electrons. The van der Waals surface area contributed by atoms with E-state index in [1.54, 1.807) is 0 Å². The van der Waals surface area contributed by atoms with Crippen LogP contribution < -0.4 is 0 Å². The Morgan fingerprint density at radius 2 is 2.00 bits per heavy atom. The molecule has 0 unspecified atom stereocenters. The topological polar surface area (TPSA) is 56.0 Å². The zero-order valence-corrected chi connectivity index (χ0v) is 12.1. The number of pyridine rings is 1. The first-order chi connectivity index (χ1) is 9.61. The molecular weight excluding hydrogens is 296 g/mol. The molecule has 6 heteroatoms. The summed E-state index contributed by atoms with van der Waals surface area (Å²) in [4.78, 5) is 15.5. The Morgan fingerprint density at radius 3 is 2.80 bits per heavy atom. The minimum absolute atomic E-state index is 0.0336. The Morgan fingerprint density at radius 1 is 1.20 bits per heavy atom. The van der Waals surface area contributed by atoms with Crippen molar-refractivity contribution in [2.75, 3.05) is 0 Å². The number of halogens is 1. The van der Waals surface area contributed by atoms with Crippen molar-refractivity contribution in [1.82, 2.24) is 4.98 Å². The van der Waals surface area contributed by atoms with Gasteiger partial charge in [0.25, 0.3) is 5.69 Å². The van der Waals surface area contributed by atoms with Crippen LogP contribution in [-0.4, -0.2) is 9.91 Å². The molecule has 0 fully saturated rings. The number of aryl methyl sites for hydroxylation is 2. The van der Waals surface area contributed by atoms with Crippen LogP contribution in [0.4, 0.5) is 5.69 Å². The van der Waals surface area contributed by atoms with Gasteiger partial charge in [-0.1, -0.05) is 29.4 Å². The fraction of sp³-hybridized carbons (Fsp3) is 0.214. The highest BCUT2D eigenvalue weighted by atomic mass is 35.5. The summed E-state index contributed by atoms with van der Waals surface area (Å²) in [6.07, 6.45) is 3.44. The molecule has 1 aliphatic rings. The number of fused-ring (bicyclic) bond motifs is 1. The Hall–Kier alpha value is -1.59. The third-order valence-corrected chi connectivity index (χ3v) is 4.36. The largest absolute Gasteiger partial charge is 0.275 e. The first-order valence-corrected chi connectivity index (χ1v) is 7.43. The minimum atomic E-state index is -0.458. The second-order valence-electron chi connectivity index (χ2n) is 4.63. The van der Waals surface area contributed by atoms with Gasteiger partial charge < -0.3 is 0 Å². The van der Waals surface area contributed by atoms with Gasteiger partial charge in [-0.15, -0.1) is 0 Å². The average Bonchev–Trinajstić information content (AvgIpc) is 2.85. The third-order valence-electron chi connectivity index (χ3n) is 3.26. The van der Waals surface area contributed by atoms with Crippen LogP contribution in [0.25, 0.3) is 0 Å². The molecule has 2 aromatic rings. The predicted molar refractivity (Wildman–Crippen MR) is 78.5 cm³/mol. The van der Waals surface area contributed by atoms with E-state index in [-0.39, 0.29) is 10.8 Å². The SMILES string of the molecule is O=[N+]([O-])c1cc(Cl)nc(Sc2ccc3c(c2)CCC3)c1. The monoisotopic (exact) mass is 306 g/mol. The Kier molecular flexibility index (Phi) is 3.63. The maximum Gasteiger partial charge on any atom is 0.275 e. The first-order valence-electron chi connectivity index (χ1n) is 6.23. The van der Waals surface area contributed by atoms with E-state index in [2.05, 4.69) is 17.1 Å². The second-order valence-corrected chi connectivity index (χ2v) is 6.11. The van der Waals surface area contributed by atoms with E-state index in [1.165, 1.54) is 41.4 Å². The van der Waals surface area contributed by atoms with Gasteiger partial charge in [-0.2, -0.15) is 0 Å². The van der Waals surface area contributed by atoms with Gasteiger partial charge in [-0.05, 0) is 42.5 Å². The fourth-order valence-corrected chi connectivity index (χ4v) is 3.51. The third kappa shape index (κ3) is 2.78. The van der Waals surface area contributed by atoms with E-state index in [1.807, 2.05) is 6.07 Å². The summed E-state index contributed by atoms with van der Waals surface area (Å²) in [5.41, 5.74) is 2.74. The molecule has 0 amide bonds. The molecule has 0 spiro atoms. The molecule has 0 N–H and O–H groups in total. The lowest BCUT2D eigenvalue weighted by Crippen LogP contribution is -1.91. The van der Waals surface area contributed by atoms with Crippen molar-refractivity contribution in [3.05, 3.63) is 56.7 Å². The maximum absolute atomic E-state index is 10.8. The van der Waals surface area contributed by atoms with Gasteiger partial charge in [0.05, 0.1) is 11.0 Å². The summed E-state index contributed by atoms with van der Waals surface area (Å²) in [6, 6.07) is 9.01. The highest BCUT2D eigenvalue weighted by Gasteiger charge is 2.14. The van der Waals surface area contributed by atoms with Gasteiger partial charge in [0, 0.05) is 11.0 Å². The minimum Gasteiger partial charge on any atom is -0.258 e. The number of nitrogens with zero attached hydrogens (tertiary/aromatic N) is 2. The van der Waals surface area contributed by atoms with Crippen LogP contribution in [0, 0.1) is 10.1 Å². The molecule has 0 bridgehead atoms. The van der Waals surface area contributed by atoms with Crippen molar-refractivity contribution in [1.29, 1.82) is 0 Å². The molecule has 0 atom stereocenters. The normalized spacial score (nSPS) is 13.2. The predicted octanol–water partition coefficient (Wildman–Crippen LogP) is 4.28. The summed E-state index contributed by atoms with van der Waals surface area (Å²) in [5.74, 6) is 0. The number of hydrogen-bond donors (Lipinski definition) is 0. The summed E-state index contributed by atoms with van der Waals surface area (Å²) in [7, 11) is 0. The van der Waals surface area contributed by atoms with Crippen LogP contribution in [0.15, 0.2) is 40.3 Å². The van der Waals surface area contributed by atoms with Crippen LogP contribution in [0.3, 0.4) is 0 Å². The van der Waals surface area contributed by atoms with Crippen molar-refractivity contribution < 1.29 is 4.92 Å². The lowest BCUT2D eigenvalue weighted by atomic mass is 10.1. The Bertz CT molecular complexity index is 691. The molecule has 1 heterocycles. The van der Waals surface area contributed by atoms with Gasteiger partial charge in [0.2, 0.25) is 0 Å². The maximum atomic E-state index is 10.8. The summed E-state index contributed by atoms with van der Waals surface area (Å²) in [5, 5.41) is 11.5. The molecule has 0 radical (unpaired) electrons. The first kappa shape index (κ1) is 13.4. The van der Waals surface area contributed by atoms with Crippen LogP contribution >= 0.6 is 23.4 Å². The molecule has 3 rings (SSSR count). The van der Waals surface area contributed by atoms with Gasteiger partial charge in [-0.3, -0.25) is 10.1 Å². The second kappa shape index (κ2) is 5.42. The van der Waals surface area contributed by atoms with E-state index in [4.69, 9.17) is 11.6 Å². The molecule has 0 saturated heterocycles. The molecule has 0 saturated carbocycles. The van der Waals surface area contributed by atoms with E-state index in [0.717, 1.165) is 17.7 Å². The number of rotatable bonds is 3. The zero-order chi connectivity index (χ0) is 14.1. The smallest absolute Gasteiger partial charge is 0.258 e. The van der Waals surface area contributed by atoms with E-state index in [0.29, 0.717) is 5.03 Å².